The standard InChI is InChI=1S/C16H14FN3O5/c17-9-6-20(16(25)18-13(9)22)10(21)3-4-19-14(23)11-7-1-2-8(5-7)12(11)15(19)24/h1-2,6-8,11-12H,3-5H2,(H,18,22,25). The van der Waals surface area contributed by atoms with Crippen molar-refractivity contribution >= 4 is 17.7 Å². The molecule has 3 aliphatic rings. The molecule has 4 unspecified atom stereocenters. The average Bonchev–Trinajstić information content (AvgIpc) is 3.24. The minimum absolute atomic E-state index is 0.0723. The van der Waals surface area contributed by atoms with Crippen LogP contribution in [-0.4, -0.2) is 38.7 Å². The number of aromatic amines is 1. The highest BCUT2D eigenvalue weighted by Gasteiger charge is 2.59. The predicted molar refractivity (Wildman–Crippen MR) is 81.0 cm³/mol. The molecule has 2 bridgehead atoms. The van der Waals surface area contributed by atoms with Crippen LogP contribution in [0, 0.1) is 29.5 Å². The SMILES string of the molecule is O=C1C2C3C=CC(C3)C2C(=O)N1CCC(=O)n1cc(F)c(=O)[nH]c1=O. The van der Waals surface area contributed by atoms with Crippen LogP contribution in [0.25, 0.3) is 0 Å². The molecule has 130 valence electrons. The van der Waals surface area contributed by atoms with Crippen LogP contribution in [0.5, 0.6) is 0 Å². The Kier molecular flexibility index (Phi) is 3.34. The molecule has 1 saturated heterocycles. The van der Waals surface area contributed by atoms with Crippen molar-refractivity contribution in [3.8, 4) is 0 Å². The molecule has 1 aliphatic heterocycles. The van der Waals surface area contributed by atoms with Crippen LogP contribution in [0.4, 0.5) is 4.39 Å². The maximum absolute atomic E-state index is 13.3. The van der Waals surface area contributed by atoms with Crippen molar-refractivity contribution in [1.29, 1.82) is 0 Å². The molecule has 0 spiro atoms. The van der Waals surface area contributed by atoms with Gasteiger partial charge in [0, 0.05) is 13.0 Å². The second kappa shape index (κ2) is 5.33. The topological polar surface area (TPSA) is 109 Å². The van der Waals surface area contributed by atoms with Gasteiger partial charge in [-0.1, -0.05) is 12.2 Å². The van der Waals surface area contributed by atoms with Crippen LogP contribution in [0.15, 0.2) is 27.9 Å². The van der Waals surface area contributed by atoms with Gasteiger partial charge in [0.2, 0.25) is 23.5 Å². The first kappa shape index (κ1) is 15.7. The van der Waals surface area contributed by atoms with E-state index < -0.39 is 23.0 Å². The summed E-state index contributed by atoms with van der Waals surface area (Å²) in [6, 6.07) is 0. The highest BCUT2D eigenvalue weighted by atomic mass is 19.1. The third-order valence-electron chi connectivity index (χ3n) is 5.28. The Balaban J connectivity index is 1.49. The van der Waals surface area contributed by atoms with Crippen molar-refractivity contribution in [3.63, 3.8) is 0 Å². The number of hydrogen-bond acceptors (Lipinski definition) is 5. The molecule has 1 N–H and O–H groups in total. The number of rotatable bonds is 3. The van der Waals surface area contributed by atoms with Gasteiger partial charge in [0.05, 0.1) is 18.0 Å². The number of H-pyrrole nitrogens is 1. The molecule has 0 aromatic carbocycles. The van der Waals surface area contributed by atoms with E-state index in [0.29, 0.717) is 10.8 Å². The second-order valence-electron chi connectivity index (χ2n) is 6.58. The minimum atomic E-state index is -1.27. The van der Waals surface area contributed by atoms with Crippen LogP contribution in [0.2, 0.25) is 0 Å². The molecular formula is C16H14FN3O5. The quantitative estimate of drug-likeness (QED) is 0.586. The summed E-state index contributed by atoms with van der Waals surface area (Å²) in [4.78, 5) is 62.4. The smallest absolute Gasteiger partial charge is 0.282 e. The molecule has 2 heterocycles. The van der Waals surface area contributed by atoms with Gasteiger partial charge in [-0.15, -0.1) is 0 Å². The molecular weight excluding hydrogens is 333 g/mol. The fraction of sp³-hybridized carbons (Fsp3) is 0.438. The molecule has 8 nitrogen and oxygen atoms in total. The van der Waals surface area contributed by atoms with E-state index in [-0.39, 0.29) is 48.5 Å². The Morgan fingerprint density at radius 2 is 1.72 bits per heavy atom. The number of imide groups is 1. The summed E-state index contributed by atoms with van der Waals surface area (Å²) >= 11 is 0. The third kappa shape index (κ3) is 2.22. The van der Waals surface area contributed by atoms with Crippen molar-refractivity contribution in [3.05, 3.63) is 45.0 Å². The number of fused-ring (bicyclic) bond motifs is 5. The van der Waals surface area contributed by atoms with Gasteiger partial charge in [-0.25, -0.2) is 9.36 Å². The lowest BCUT2D eigenvalue weighted by Gasteiger charge is -2.16. The molecule has 4 rings (SSSR count). The zero-order valence-corrected chi connectivity index (χ0v) is 13.0. The lowest BCUT2D eigenvalue weighted by Crippen LogP contribution is -2.38. The average molecular weight is 347 g/mol. The van der Waals surface area contributed by atoms with Crippen molar-refractivity contribution in [2.24, 2.45) is 23.7 Å². The number of carbonyl (C=O) groups is 3. The summed E-state index contributed by atoms with van der Waals surface area (Å²) in [7, 11) is 0. The van der Waals surface area contributed by atoms with Crippen LogP contribution in [0.1, 0.15) is 17.6 Å². The van der Waals surface area contributed by atoms with Gasteiger partial charge in [0.25, 0.3) is 5.56 Å². The molecule has 0 radical (unpaired) electrons. The number of nitrogens with zero attached hydrogens (tertiary/aromatic N) is 2. The van der Waals surface area contributed by atoms with Gasteiger partial charge in [0.1, 0.15) is 0 Å². The van der Waals surface area contributed by atoms with E-state index in [2.05, 4.69) is 0 Å². The van der Waals surface area contributed by atoms with Crippen molar-refractivity contribution < 1.29 is 18.8 Å². The molecule has 2 fully saturated rings. The minimum Gasteiger partial charge on any atom is -0.282 e. The van der Waals surface area contributed by atoms with Gasteiger partial charge in [-0.05, 0) is 18.3 Å². The summed E-state index contributed by atoms with van der Waals surface area (Å²) in [5.74, 6) is -3.22. The number of hydrogen-bond donors (Lipinski definition) is 1. The van der Waals surface area contributed by atoms with Crippen LogP contribution >= 0.6 is 0 Å². The highest BCUT2D eigenvalue weighted by Crippen LogP contribution is 2.52. The maximum Gasteiger partial charge on any atom is 0.335 e. The van der Waals surface area contributed by atoms with E-state index in [1.54, 1.807) is 4.98 Å². The van der Waals surface area contributed by atoms with Gasteiger partial charge in [0.15, 0.2) is 0 Å². The van der Waals surface area contributed by atoms with Crippen molar-refractivity contribution in [2.75, 3.05) is 6.54 Å². The number of likely N-dealkylation sites (tertiary alicyclic amines) is 1. The summed E-state index contributed by atoms with van der Waals surface area (Å²) in [6.45, 7) is -0.171. The molecule has 4 atom stereocenters. The van der Waals surface area contributed by atoms with E-state index in [0.717, 1.165) is 11.3 Å². The van der Waals surface area contributed by atoms with Gasteiger partial charge in [-0.2, -0.15) is 4.39 Å². The van der Waals surface area contributed by atoms with Crippen molar-refractivity contribution in [1.82, 2.24) is 14.5 Å². The normalized spacial score (nSPS) is 29.6. The van der Waals surface area contributed by atoms with E-state index in [1.807, 2.05) is 12.2 Å². The zero-order valence-electron chi connectivity index (χ0n) is 13.0. The lowest BCUT2D eigenvalue weighted by atomic mass is 9.85. The van der Waals surface area contributed by atoms with Crippen LogP contribution < -0.4 is 11.2 Å². The fourth-order valence-electron chi connectivity index (χ4n) is 4.15. The Hall–Kier alpha value is -2.84. The fourth-order valence-corrected chi connectivity index (χ4v) is 4.15. The van der Waals surface area contributed by atoms with E-state index in [4.69, 9.17) is 0 Å². The number of halogens is 1. The molecule has 1 aromatic rings. The summed E-state index contributed by atoms with van der Waals surface area (Å²) in [5, 5.41) is 0. The van der Waals surface area contributed by atoms with E-state index in [9.17, 15) is 28.4 Å². The number of allylic oxidation sites excluding steroid dienone is 2. The molecule has 1 aromatic heterocycles. The molecule has 9 heteroatoms. The predicted octanol–water partition coefficient (Wildman–Crippen LogP) is -0.487. The molecule has 25 heavy (non-hydrogen) atoms. The Morgan fingerprint density at radius 3 is 2.32 bits per heavy atom. The number of carbonyl (C=O) groups excluding carboxylic acids is 3. The molecule has 2 aliphatic carbocycles. The Labute approximate surface area is 139 Å². The number of aromatic nitrogens is 2. The zero-order chi connectivity index (χ0) is 17.9. The largest absolute Gasteiger partial charge is 0.335 e. The van der Waals surface area contributed by atoms with Crippen molar-refractivity contribution in [2.45, 2.75) is 12.8 Å². The van der Waals surface area contributed by atoms with Crippen LogP contribution in [-0.2, 0) is 9.59 Å². The van der Waals surface area contributed by atoms with Gasteiger partial charge in [-0.3, -0.25) is 29.1 Å². The second-order valence-corrected chi connectivity index (χ2v) is 6.58. The maximum atomic E-state index is 13.3. The first-order valence-electron chi connectivity index (χ1n) is 7.96. The van der Waals surface area contributed by atoms with Gasteiger partial charge < -0.3 is 0 Å². The number of amides is 2. The molecule has 1 saturated carbocycles. The molecule has 2 amide bonds. The van der Waals surface area contributed by atoms with E-state index >= 15 is 0 Å². The summed E-state index contributed by atoms with van der Waals surface area (Å²) in [6.07, 6.45) is 4.93. The first-order valence-corrected chi connectivity index (χ1v) is 7.96. The Bertz CT molecular complexity index is 916. The van der Waals surface area contributed by atoms with E-state index in [1.165, 1.54) is 0 Å². The van der Waals surface area contributed by atoms with Gasteiger partial charge >= 0.3 is 5.69 Å². The van der Waals surface area contributed by atoms with Crippen LogP contribution in [0.3, 0.4) is 0 Å². The number of nitrogens with one attached hydrogen (secondary N) is 1. The monoisotopic (exact) mass is 347 g/mol. The summed E-state index contributed by atoms with van der Waals surface area (Å²) in [5.41, 5.74) is -2.27. The summed E-state index contributed by atoms with van der Waals surface area (Å²) < 4.78 is 13.7. The lowest BCUT2D eigenvalue weighted by molar-refractivity contribution is -0.140. The Morgan fingerprint density at radius 1 is 1.12 bits per heavy atom. The first-order chi connectivity index (χ1) is 11.9. The highest BCUT2D eigenvalue weighted by molar-refractivity contribution is 6.06. The third-order valence-corrected chi connectivity index (χ3v) is 5.28.